The number of benzene rings is 2. The molecular weight excluding hydrogens is 307 g/mol. The molecule has 0 atom stereocenters. The largest absolute Gasteiger partial charge is 0.489 e. The summed E-state index contributed by atoms with van der Waals surface area (Å²) in [6.45, 7) is 6.12. The van der Waals surface area contributed by atoms with E-state index in [1.165, 1.54) is 0 Å². The maximum atomic E-state index is 11.5. The molecule has 0 aliphatic heterocycles. The minimum atomic E-state index is -0.476. The number of halogens is 2. The van der Waals surface area contributed by atoms with E-state index < -0.39 is 5.24 Å². The second-order valence-corrected chi connectivity index (χ2v) is 5.78. The van der Waals surface area contributed by atoms with Crippen molar-refractivity contribution in [3.05, 3.63) is 63.2 Å². The maximum absolute atomic E-state index is 11.5. The summed E-state index contributed by atoms with van der Waals surface area (Å²) in [4.78, 5) is 11.5. The molecule has 0 fully saturated rings. The fourth-order valence-corrected chi connectivity index (χ4v) is 2.52. The van der Waals surface area contributed by atoms with Crippen LogP contribution < -0.4 is 4.74 Å². The lowest BCUT2D eigenvalue weighted by molar-refractivity contribution is 0.107. The molecule has 0 bridgehead atoms. The molecule has 0 aliphatic carbocycles. The number of hydrogen-bond acceptors (Lipinski definition) is 2. The van der Waals surface area contributed by atoms with Gasteiger partial charge in [-0.15, -0.1) is 0 Å². The van der Waals surface area contributed by atoms with E-state index in [1.54, 1.807) is 12.1 Å². The van der Waals surface area contributed by atoms with Crippen molar-refractivity contribution in [2.45, 2.75) is 27.4 Å². The van der Waals surface area contributed by atoms with Gasteiger partial charge in [-0.1, -0.05) is 29.8 Å². The number of rotatable bonds is 4. The minimum absolute atomic E-state index is 0.278. The summed E-state index contributed by atoms with van der Waals surface area (Å²) in [6, 6.07) is 9.21. The van der Waals surface area contributed by atoms with Crippen molar-refractivity contribution in [3.8, 4) is 5.75 Å². The molecule has 0 aromatic heterocycles. The highest BCUT2D eigenvalue weighted by atomic mass is 35.5. The van der Waals surface area contributed by atoms with Crippen LogP contribution in [-0.2, 0) is 6.61 Å². The van der Waals surface area contributed by atoms with E-state index in [9.17, 15) is 4.79 Å². The number of aryl methyl sites for hydroxylation is 3. The molecule has 0 saturated heterocycles. The number of ether oxygens (including phenoxy) is 1. The third-order valence-corrected chi connectivity index (χ3v) is 4.06. The van der Waals surface area contributed by atoms with Crippen LogP contribution in [-0.4, -0.2) is 5.24 Å². The van der Waals surface area contributed by atoms with E-state index in [-0.39, 0.29) is 6.61 Å². The van der Waals surface area contributed by atoms with E-state index in [4.69, 9.17) is 27.9 Å². The molecule has 21 heavy (non-hydrogen) atoms. The van der Waals surface area contributed by atoms with E-state index in [2.05, 4.69) is 0 Å². The summed E-state index contributed by atoms with van der Waals surface area (Å²) in [7, 11) is 0. The molecule has 0 saturated carbocycles. The molecule has 0 N–H and O–H groups in total. The van der Waals surface area contributed by atoms with Crippen LogP contribution in [0.15, 0.2) is 30.3 Å². The number of carbonyl (C=O) groups excluding carboxylic acids is 1. The highest BCUT2D eigenvalue weighted by molar-refractivity contribution is 6.67. The van der Waals surface area contributed by atoms with Crippen LogP contribution in [0.2, 0.25) is 5.02 Å². The van der Waals surface area contributed by atoms with Crippen LogP contribution in [0.5, 0.6) is 5.75 Å². The van der Waals surface area contributed by atoms with E-state index in [0.29, 0.717) is 16.3 Å². The second-order valence-electron chi connectivity index (χ2n) is 5.03. The Morgan fingerprint density at radius 1 is 1.10 bits per heavy atom. The van der Waals surface area contributed by atoms with Crippen LogP contribution in [0.25, 0.3) is 0 Å². The zero-order chi connectivity index (χ0) is 15.6. The average Bonchev–Trinajstić information content (AvgIpc) is 2.42. The summed E-state index contributed by atoms with van der Waals surface area (Å²) < 4.78 is 5.84. The van der Waals surface area contributed by atoms with Crippen molar-refractivity contribution in [1.29, 1.82) is 0 Å². The van der Waals surface area contributed by atoms with E-state index in [1.807, 2.05) is 39.0 Å². The Hall–Kier alpha value is -1.51. The summed E-state index contributed by atoms with van der Waals surface area (Å²) in [5, 5.41) is 0.185. The standard InChI is InChI=1S/C17H16Cl2O2/c1-10-5-4-6-13(17(19)20)14(10)9-21-16-8-15(18)11(2)7-12(16)3/h4-8H,9H2,1-3H3. The molecule has 0 spiro atoms. The topological polar surface area (TPSA) is 26.3 Å². The molecule has 2 nitrogen and oxygen atoms in total. The van der Waals surface area contributed by atoms with E-state index in [0.717, 1.165) is 22.3 Å². The second kappa shape index (κ2) is 6.50. The summed E-state index contributed by atoms with van der Waals surface area (Å²) in [5.41, 5.74) is 4.26. The third kappa shape index (κ3) is 3.58. The lowest BCUT2D eigenvalue weighted by Crippen LogP contribution is -2.05. The number of hydrogen-bond donors (Lipinski definition) is 0. The fraction of sp³-hybridized carbons (Fsp3) is 0.235. The molecule has 0 unspecified atom stereocenters. The normalized spacial score (nSPS) is 10.5. The van der Waals surface area contributed by atoms with Gasteiger partial charge in [0.2, 0.25) is 0 Å². The van der Waals surface area contributed by atoms with Crippen molar-refractivity contribution < 1.29 is 9.53 Å². The van der Waals surface area contributed by atoms with Gasteiger partial charge in [-0.05, 0) is 61.2 Å². The zero-order valence-corrected chi connectivity index (χ0v) is 13.7. The first-order valence-corrected chi connectivity index (χ1v) is 7.33. The van der Waals surface area contributed by atoms with Crippen LogP contribution in [0.1, 0.15) is 32.6 Å². The Morgan fingerprint density at radius 2 is 1.81 bits per heavy atom. The summed E-state index contributed by atoms with van der Waals surface area (Å²) >= 11 is 11.7. The Kier molecular flexibility index (Phi) is 4.92. The molecule has 0 aliphatic rings. The zero-order valence-electron chi connectivity index (χ0n) is 12.2. The smallest absolute Gasteiger partial charge is 0.252 e. The lowest BCUT2D eigenvalue weighted by atomic mass is 10.0. The number of carbonyl (C=O) groups is 1. The Morgan fingerprint density at radius 3 is 2.48 bits per heavy atom. The first kappa shape index (κ1) is 15.9. The van der Waals surface area contributed by atoms with Crippen LogP contribution in [0.4, 0.5) is 0 Å². The highest BCUT2D eigenvalue weighted by Crippen LogP contribution is 2.28. The summed E-state index contributed by atoms with van der Waals surface area (Å²) in [5.74, 6) is 0.710. The van der Waals surface area contributed by atoms with Gasteiger partial charge in [0.25, 0.3) is 5.24 Å². The van der Waals surface area contributed by atoms with Crippen LogP contribution >= 0.6 is 23.2 Å². The lowest BCUT2D eigenvalue weighted by Gasteiger charge is -2.14. The van der Waals surface area contributed by atoms with Gasteiger partial charge in [0.1, 0.15) is 12.4 Å². The van der Waals surface area contributed by atoms with Crippen LogP contribution in [0.3, 0.4) is 0 Å². The fourth-order valence-electron chi connectivity index (χ4n) is 2.19. The van der Waals surface area contributed by atoms with Gasteiger partial charge in [0.05, 0.1) is 0 Å². The Labute approximate surface area is 134 Å². The molecule has 2 aromatic rings. The predicted octanol–water partition coefficient (Wildman–Crippen LogP) is 5.22. The Bertz CT molecular complexity index is 693. The summed E-state index contributed by atoms with van der Waals surface area (Å²) in [6.07, 6.45) is 0. The average molecular weight is 323 g/mol. The molecule has 4 heteroatoms. The first-order chi connectivity index (χ1) is 9.90. The van der Waals surface area contributed by atoms with Crippen molar-refractivity contribution in [3.63, 3.8) is 0 Å². The minimum Gasteiger partial charge on any atom is -0.489 e. The molecular formula is C17H16Cl2O2. The van der Waals surface area contributed by atoms with Crippen molar-refractivity contribution in [2.24, 2.45) is 0 Å². The van der Waals surface area contributed by atoms with E-state index >= 15 is 0 Å². The van der Waals surface area contributed by atoms with Crippen molar-refractivity contribution in [2.75, 3.05) is 0 Å². The third-order valence-electron chi connectivity index (χ3n) is 3.45. The monoisotopic (exact) mass is 322 g/mol. The van der Waals surface area contributed by atoms with Crippen molar-refractivity contribution >= 4 is 28.4 Å². The van der Waals surface area contributed by atoms with Gasteiger partial charge in [-0.3, -0.25) is 4.79 Å². The molecule has 2 rings (SSSR count). The first-order valence-electron chi connectivity index (χ1n) is 6.58. The molecule has 2 aromatic carbocycles. The van der Waals surface area contributed by atoms with Gasteiger partial charge in [0, 0.05) is 16.1 Å². The highest BCUT2D eigenvalue weighted by Gasteiger charge is 2.12. The quantitative estimate of drug-likeness (QED) is 0.721. The molecule has 110 valence electrons. The van der Waals surface area contributed by atoms with Crippen LogP contribution in [0, 0.1) is 20.8 Å². The van der Waals surface area contributed by atoms with Gasteiger partial charge in [-0.2, -0.15) is 0 Å². The molecule has 0 heterocycles. The Balaban J connectivity index is 2.29. The van der Waals surface area contributed by atoms with Gasteiger partial charge < -0.3 is 4.74 Å². The van der Waals surface area contributed by atoms with Crippen molar-refractivity contribution in [1.82, 2.24) is 0 Å². The van der Waals surface area contributed by atoms with Gasteiger partial charge in [0.15, 0.2) is 0 Å². The molecule has 0 amide bonds. The predicted molar refractivity (Wildman–Crippen MR) is 86.6 cm³/mol. The SMILES string of the molecule is Cc1cc(C)c(OCc2c(C)cccc2C(=O)Cl)cc1Cl. The molecule has 0 radical (unpaired) electrons. The van der Waals surface area contributed by atoms with Gasteiger partial charge >= 0.3 is 0 Å². The van der Waals surface area contributed by atoms with Gasteiger partial charge in [-0.25, -0.2) is 0 Å². The maximum Gasteiger partial charge on any atom is 0.252 e.